The van der Waals surface area contributed by atoms with Gasteiger partial charge in [0.25, 0.3) is 0 Å². The molecule has 2 aliphatic heterocycles. The first-order valence-corrected chi connectivity index (χ1v) is 12.1. The van der Waals surface area contributed by atoms with Crippen LogP contribution in [0.15, 0.2) is 54.7 Å². The molecule has 4 heterocycles. The number of nitrogens with one attached hydrogen (secondary N) is 1. The van der Waals surface area contributed by atoms with E-state index in [-0.39, 0.29) is 12.1 Å². The minimum atomic E-state index is 0.0243. The Hall–Kier alpha value is -2.90. The van der Waals surface area contributed by atoms with Gasteiger partial charge in [-0.05, 0) is 81.0 Å². The van der Waals surface area contributed by atoms with Crippen LogP contribution in [0.2, 0.25) is 0 Å². The van der Waals surface area contributed by atoms with Gasteiger partial charge >= 0.3 is 0 Å². The molecular formula is C26H31N5OS. The zero-order valence-electron chi connectivity index (χ0n) is 19.5. The van der Waals surface area contributed by atoms with Gasteiger partial charge in [-0.25, -0.2) is 0 Å². The molecule has 0 bridgehead atoms. The van der Waals surface area contributed by atoms with E-state index in [0.717, 1.165) is 43.7 Å². The molecule has 0 aliphatic carbocycles. The summed E-state index contributed by atoms with van der Waals surface area (Å²) in [6.07, 6.45) is 1.85. The Balaban J connectivity index is 1.50. The van der Waals surface area contributed by atoms with E-state index in [4.69, 9.17) is 17.0 Å². The number of aromatic nitrogens is 2. The van der Waals surface area contributed by atoms with Crippen LogP contribution >= 0.6 is 12.2 Å². The van der Waals surface area contributed by atoms with E-state index in [9.17, 15) is 0 Å². The van der Waals surface area contributed by atoms with Crippen LogP contribution in [0.5, 0.6) is 0 Å². The van der Waals surface area contributed by atoms with Gasteiger partial charge in [0.05, 0.1) is 31.0 Å². The van der Waals surface area contributed by atoms with Crippen molar-refractivity contribution in [2.24, 2.45) is 0 Å². The molecule has 2 saturated heterocycles. The van der Waals surface area contributed by atoms with Crippen molar-refractivity contribution in [1.29, 1.82) is 0 Å². The lowest BCUT2D eigenvalue weighted by molar-refractivity contribution is 0.122. The highest BCUT2D eigenvalue weighted by atomic mass is 32.1. The van der Waals surface area contributed by atoms with Crippen molar-refractivity contribution in [3.63, 3.8) is 0 Å². The third kappa shape index (κ3) is 4.00. The molecule has 0 spiro atoms. The van der Waals surface area contributed by atoms with E-state index in [1.807, 2.05) is 18.3 Å². The number of benzene rings is 1. The van der Waals surface area contributed by atoms with Gasteiger partial charge in [-0.15, -0.1) is 0 Å². The number of morpholine rings is 1. The highest BCUT2D eigenvalue weighted by molar-refractivity contribution is 7.80. The topological polar surface area (TPSA) is 45.6 Å². The van der Waals surface area contributed by atoms with Crippen LogP contribution in [0.1, 0.15) is 41.7 Å². The third-order valence-corrected chi connectivity index (χ3v) is 7.16. The maximum atomic E-state index is 5.71. The molecular weight excluding hydrogens is 430 g/mol. The van der Waals surface area contributed by atoms with Crippen LogP contribution in [0, 0.1) is 13.8 Å². The molecule has 0 unspecified atom stereocenters. The molecule has 2 aliphatic rings. The second-order valence-electron chi connectivity index (χ2n) is 8.69. The summed E-state index contributed by atoms with van der Waals surface area (Å²) in [7, 11) is 0. The van der Waals surface area contributed by atoms with Crippen molar-refractivity contribution in [2.45, 2.75) is 32.9 Å². The fraction of sp³-hybridized carbons (Fsp3) is 0.385. The van der Waals surface area contributed by atoms with Gasteiger partial charge in [-0.3, -0.25) is 4.98 Å². The molecule has 5 rings (SSSR count). The van der Waals surface area contributed by atoms with Crippen LogP contribution < -0.4 is 10.2 Å². The number of hydrogen-bond acceptors (Lipinski definition) is 4. The normalized spacial score (nSPS) is 20.9. The summed E-state index contributed by atoms with van der Waals surface area (Å²) < 4.78 is 7.85. The number of pyridine rings is 1. The monoisotopic (exact) mass is 461 g/mol. The highest BCUT2D eigenvalue weighted by Crippen LogP contribution is 2.41. The zero-order chi connectivity index (χ0) is 22.9. The Morgan fingerprint density at radius 2 is 1.79 bits per heavy atom. The summed E-state index contributed by atoms with van der Waals surface area (Å²) in [6, 6.07) is 17.4. The summed E-state index contributed by atoms with van der Waals surface area (Å²) in [6.45, 7) is 10.9. The Morgan fingerprint density at radius 3 is 2.45 bits per heavy atom. The van der Waals surface area contributed by atoms with Gasteiger partial charge in [0.15, 0.2) is 5.11 Å². The molecule has 1 aromatic carbocycles. The minimum Gasteiger partial charge on any atom is -0.378 e. The van der Waals surface area contributed by atoms with Crippen molar-refractivity contribution in [3.05, 3.63) is 77.4 Å². The second-order valence-corrected chi connectivity index (χ2v) is 9.08. The average molecular weight is 462 g/mol. The molecule has 0 amide bonds. The molecule has 7 heteroatoms. The molecule has 6 nitrogen and oxygen atoms in total. The van der Waals surface area contributed by atoms with Crippen molar-refractivity contribution in [1.82, 2.24) is 19.8 Å². The summed E-state index contributed by atoms with van der Waals surface area (Å²) >= 11 is 5.71. The van der Waals surface area contributed by atoms with E-state index in [1.165, 1.54) is 28.3 Å². The predicted molar refractivity (Wildman–Crippen MR) is 136 cm³/mol. The molecule has 2 fully saturated rings. The lowest BCUT2D eigenvalue weighted by atomic mass is 9.97. The van der Waals surface area contributed by atoms with Crippen molar-refractivity contribution < 1.29 is 4.74 Å². The standard InChI is InChI=1S/C26H31N5OS/c1-4-30-25(24(28-26(30)33)23-7-5-6-12-27-23)22-17-18(2)31(19(22)3)21-10-8-20(9-11-21)29-13-15-32-16-14-29/h5-12,17,24-25H,4,13-16H2,1-3H3,(H,28,33)/t24-,25+/m1/s1. The van der Waals surface area contributed by atoms with E-state index in [2.05, 4.69) is 81.8 Å². The maximum absolute atomic E-state index is 5.71. The van der Waals surface area contributed by atoms with E-state index in [0.29, 0.717) is 0 Å². The fourth-order valence-electron chi connectivity index (χ4n) is 5.20. The highest BCUT2D eigenvalue weighted by Gasteiger charge is 2.40. The van der Waals surface area contributed by atoms with Crippen LogP contribution in [-0.4, -0.2) is 52.4 Å². The van der Waals surface area contributed by atoms with Gasteiger partial charge < -0.3 is 24.4 Å². The van der Waals surface area contributed by atoms with Crippen LogP contribution in [0.25, 0.3) is 5.69 Å². The summed E-state index contributed by atoms with van der Waals surface area (Å²) in [5.74, 6) is 0. The average Bonchev–Trinajstić information content (AvgIpc) is 3.34. The summed E-state index contributed by atoms with van der Waals surface area (Å²) in [5.41, 5.74) is 7.19. The number of hydrogen-bond donors (Lipinski definition) is 1. The molecule has 0 saturated carbocycles. The van der Waals surface area contributed by atoms with Gasteiger partial charge in [0.2, 0.25) is 0 Å². The van der Waals surface area contributed by atoms with Crippen molar-refractivity contribution in [3.8, 4) is 5.69 Å². The van der Waals surface area contributed by atoms with Crippen LogP contribution in [0.4, 0.5) is 5.69 Å². The van der Waals surface area contributed by atoms with Gasteiger partial charge in [0, 0.05) is 48.6 Å². The van der Waals surface area contributed by atoms with Gasteiger partial charge in [-0.1, -0.05) is 6.07 Å². The Labute approximate surface area is 201 Å². The lowest BCUT2D eigenvalue weighted by Gasteiger charge is -2.29. The van der Waals surface area contributed by atoms with Gasteiger partial charge in [0.1, 0.15) is 0 Å². The minimum absolute atomic E-state index is 0.0243. The Bertz CT molecular complexity index is 1120. The molecule has 172 valence electrons. The van der Waals surface area contributed by atoms with E-state index >= 15 is 0 Å². The van der Waals surface area contributed by atoms with Crippen molar-refractivity contribution in [2.75, 3.05) is 37.7 Å². The number of likely N-dealkylation sites (N-methyl/N-ethyl adjacent to an activating group) is 1. The van der Waals surface area contributed by atoms with E-state index < -0.39 is 0 Å². The Kier molecular flexibility index (Phi) is 6.08. The molecule has 1 N–H and O–H groups in total. The third-order valence-electron chi connectivity index (χ3n) is 6.81. The maximum Gasteiger partial charge on any atom is 0.170 e. The number of aryl methyl sites for hydroxylation is 1. The first-order chi connectivity index (χ1) is 16.1. The van der Waals surface area contributed by atoms with Crippen LogP contribution in [-0.2, 0) is 4.74 Å². The number of anilines is 1. The van der Waals surface area contributed by atoms with Crippen molar-refractivity contribution >= 4 is 23.0 Å². The first kappa shape index (κ1) is 21.9. The first-order valence-electron chi connectivity index (χ1n) is 11.7. The van der Waals surface area contributed by atoms with E-state index in [1.54, 1.807) is 0 Å². The zero-order valence-corrected chi connectivity index (χ0v) is 20.3. The number of ether oxygens (including phenoxy) is 1. The van der Waals surface area contributed by atoms with Crippen LogP contribution in [0.3, 0.4) is 0 Å². The predicted octanol–water partition coefficient (Wildman–Crippen LogP) is 4.32. The molecule has 2 aromatic heterocycles. The number of nitrogens with zero attached hydrogens (tertiary/aromatic N) is 4. The summed E-state index contributed by atoms with van der Waals surface area (Å²) in [5, 5.41) is 4.32. The lowest BCUT2D eigenvalue weighted by Crippen LogP contribution is -2.36. The molecule has 33 heavy (non-hydrogen) atoms. The molecule has 3 aromatic rings. The molecule has 0 radical (unpaired) electrons. The smallest absolute Gasteiger partial charge is 0.170 e. The number of thiocarbonyl (C=S) groups is 1. The summed E-state index contributed by atoms with van der Waals surface area (Å²) in [4.78, 5) is 9.31. The molecule has 2 atom stereocenters. The SMILES string of the molecule is CCN1C(=S)N[C@H](c2ccccn2)[C@@H]1c1cc(C)n(-c2ccc(N3CCOCC3)cc2)c1C. The fourth-order valence-corrected chi connectivity index (χ4v) is 5.57. The van der Waals surface area contributed by atoms with Gasteiger partial charge in [-0.2, -0.15) is 0 Å². The quantitative estimate of drug-likeness (QED) is 0.571. The number of rotatable bonds is 5. The second kappa shape index (κ2) is 9.15. The largest absolute Gasteiger partial charge is 0.378 e. The Morgan fingerprint density at radius 1 is 1.06 bits per heavy atom.